The van der Waals surface area contributed by atoms with Crippen LogP contribution in [0.1, 0.15) is 10.4 Å². The van der Waals surface area contributed by atoms with Gasteiger partial charge in [0.1, 0.15) is 0 Å². The van der Waals surface area contributed by atoms with Crippen LogP contribution in [-0.2, 0) is 4.74 Å². The van der Waals surface area contributed by atoms with Gasteiger partial charge in [0, 0.05) is 9.79 Å². The fourth-order valence-electron chi connectivity index (χ4n) is 1.56. The summed E-state index contributed by atoms with van der Waals surface area (Å²) in [7, 11) is 1.36. The molecule has 4 nitrogen and oxygen atoms in total. The molecule has 2 aromatic rings. The lowest BCUT2D eigenvalue weighted by Crippen LogP contribution is -2.00. The molecule has 2 rings (SSSR count). The molecule has 0 saturated carbocycles. The minimum absolute atomic E-state index is 0.348. The Morgan fingerprint density at radius 2 is 1.79 bits per heavy atom. The Hall–Kier alpha value is -2.14. The molecule has 98 valence electrons. The molecular weight excluding hydrogens is 260 g/mol. The summed E-state index contributed by atoms with van der Waals surface area (Å²) in [6.45, 7) is 0. The Morgan fingerprint density at radius 1 is 1.05 bits per heavy atom. The molecule has 0 atom stereocenters. The van der Waals surface area contributed by atoms with Crippen LogP contribution in [-0.4, -0.2) is 13.1 Å². The van der Waals surface area contributed by atoms with E-state index in [1.807, 2.05) is 24.3 Å². The van der Waals surface area contributed by atoms with Crippen molar-refractivity contribution in [2.75, 3.05) is 18.6 Å². The fourth-order valence-corrected chi connectivity index (χ4v) is 2.48. The van der Waals surface area contributed by atoms with Crippen LogP contribution in [0.25, 0.3) is 0 Å². The van der Waals surface area contributed by atoms with E-state index in [1.54, 1.807) is 18.2 Å². The third kappa shape index (κ3) is 3.20. The first-order valence-electron chi connectivity index (χ1n) is 5.61. The first-order chi connectivity index (χ1) is 9.10. The van der Waals surface area contributed by atoms with Gasteiger partial charge in [-0.05, 0) is 36.4 Å². The highest BCUT2D eigenvalue weighted by atomic mass is 32.2. The summed E-state index contributed by atoms with van der Waals surface area (Å²) in [5.74, 6) is -0.348. The third-order valence-corrected chi connectivity index (χ3v) is 3.53. The number of benzene rings is 2. The summed E-state index contributed by atoms with van der Waals surface area (Å²) in [6, 6.07) is 12.7. The number of carbonyl (C=O) groups is 1. The maximum Gasteiger partial charge on any atom is 0.337 e. The molecule has 4 N–H and O–H groups in total. The molecule has 0 spiro atoms. The third-order valence-electron chi connectivity index (χ3n) is 2.55. The van der Waals surface area contributed by atoms with E-state index in [2.05, 4.69) is 0 Å². The Kier molecular flexibility index (Phi) is 3.97. The number of carbonyl (C=O) groups excluding carboxylic acids is 1. The Balaban J connectivity index is 2.23. The molecule has 0 aliphatic heterocycles. The number of hydrogen-bond donors (Lipinski definition) is 2. The number of ether oxygens (including phenoxy) is 1. The molecule has 0 bridgehead atoms. The van der Waals surface area contributed by atoms with E-state index in [0.717, 1.165) is 9.79 Å². The predicted octanol–water partition coefficient (Wildman–Crippen LogP) is 2.79. The van der Waals surface area contributed by atoms with E-state index in [4.69, 9.17) is 16.2 Å². The minimum atomic E-state index is -0.348. The molecule has 2 aromatic carbocycles. The van der Waals surface area contributed by atoms with Gasteiger partial charge in [-0.15, -0.1) is 0 Å². The van der Waals surface area contributed by atoms with E-state index < -0.39 is 0 Å². The van der Waals surface area contributed by atoms with Crippen molar-refractivity contribution < 1.29 is 9.53 Å². The minimum Gasteiger partial charge on any atom is -0.465 e. The van der Waals surface area contributed by atoms with Gasteiger partial charge in [0.05, 0.1) is 24.0 Å². The van der Waals surface area contributed by atoms with Crippen molar-refractivity contribution in [3.8, 4) is 0 Å². The van der Waals surface area contributed by atoms with Gasteiger partial charge < -0.3 is 16.2 Å². The molecule has 0 aliphatic rings. The fraction of sp³-hybridized carbons (Fsp3) is 0.0714. The van der Waals surface area contributed by atoms with Crippen molar-refractivity contribution in [2.45, 2.75) is 9.79 Å². The van der Waals surface area contributed by atoms with Gasteiger partial charge in [-0.1, -0.05) is 17.8 Å². The maximum absolute atomic E-state index is 11.4. The van der Waals surface area contributed by atoms with Gasteiger partial charge in [0.15, 0.2) is 0 Å². The zero-order valence-electron chi connectivity index (χ0n) is 10.4. The van der Waals surface area contributed by atoms with E-state index >= 15 is 0 Å². The van der Waals surface area contributed by atoms with Crippen LogP contribution in [0.2, 0.25) is 0 Å². The summed E-state index contributed by atoms with van der Waals surface area (Å²) in [5.41, 5.74) is 13.1. The molecule has 0 radical (unpaired) electrons. The van der Waals surface area contributed by atoms with Crippen molar-refractivity contribution in [2.24, 2.45) is 0 Å². The van der Waals surface area contributed by atoms with Gasteiger partial charge in [-0.2, -0.15) is 0 Å². The number of methoxy groups -OCH3 is 1. The smallest absolute Gasteiger partial charge is 0.337 e. The second kappa shape index (κ2) is 5.67. The van der Waals surface area contributed by atoms with Crippen LogP contribution in [0.3, 0.4) is 0 Å². The monoisotopic (exact) mass is 274 g/mol. The molecule has 0 amide bonds. The first kappa shape index (κ1) is 13.3. The summed E-state index contributed by atoms with van der Waals surface area (Å²) >= 11 is 1.51. The molecule has 0 fully saturated rings. The molecule has 0 aliphatic carbocycles. The number of anilines is 2. The van der Waals surface area contributed by atoms with Crippen LogP contribution in [0.4, 0.5) is 11.4 Å². The van der Waals surface area contributed by atoms with Crippen molar-refractivity contribution in [1.29, 1.82) is 0 Å². The number of hydrogen-bond acceptors (Lipinski definition) is 5. The van der Waals surface area contributed by atoms with Crippen LogP contribution >= 0.6 is 11.8 Å². The highest BCUT2D eigenvalue weighted by Crippen LogP contribution is 2.31. The zero-order valence-corrected chi connectivity index (χ0v) is 11.2. The zero-order chi connectivity index (χ0) is 13.8. The normalized spacial score (nSPS) is 10.2. The summed E-state index contributed by atoms with van der Waals surface area (Å²) < 4.78 is 4.69. The Bertz CT molecular complexity index is 614. The highest BCUT2D eigenvalue weighted by molar-refractivity contribution is 7.99. The second-order valence-electron chi connectivity index (χ2n) is 3.91. The van der Waals surface area contributed by atoms with Crippen LogP contribution < -0.4 is 11.5 Å². The van der Waals surface area contributed by atoms with E-state index in [0.29, 0.717) is 16.9 Å². The largest absolute Gasteiger partial charge is 0.465 e. The first-order valence-corrected chi connectivity index (χ1v) is 6.43. The van der Waals surface area contributed by atoms with Gasteiger partial charge in [0.2, 0.25) is 0 Å². The van der Waals surface area contributed by atoms with Gasteiger partial charge >= 0.3 is 5.97 Å². The lowest BCUT2D eigenvalue weighted by molar-refractivity contribution is 0.0600. The van der Waals surface area contributed by atoms with Crippen molar-refractivity contribution in [3.05, 3.63) is 48.0 Å². The average Bonchev–Trinajstić information content (AvgIpc) is 2.42. The van der Waals surface area contributed by atoms with Gasteiger partial charge in [-0.3, -0.25) is 0 Å². The number of nitrogens with two attached hydrogens (primary N) is 2. The Labute approximate surface area is 115 Å². The SMILES string of the molecule is COC(=O)c1cccc(Sc2ccc(N)c(N)c2)c1. The molecule has 19 heavy (non-hydrogen) atoms. The van der Waals surface area contributed by atoms with E-state index in [9.17, 15) is 4.79 Å². The van der Waals surface area contributed by atoms with Crippen LogP contribution in [0.5, 0.6) is 0 Å². The predicted molar refractivity (Wildman–Crippen MR) is 77.2 cm³/mol. The van der Waals surface area contributed by atoms with E-state index in [-0.39, 0.29) is 5.97 Å². The molecule has 0 unspecified atom stereocenters. The van der Waals surface area contributed by atoms with Crippen LogP contribution in [0, 0.1) is 0 Å². The summed E-state index contributed by atoms with van der Waals surface area (Å²) in [6.07, 6.45) is 0. The Morgan fingerprint density at radius 3 is 2.47 bits per heavy atom. The molecular formula is C14H14N2O2S. The van der Waals surface area contributed by atoms with Crippen molar-refractivity contribution in [1.82, 2.24) is 0 Å². The number of rotatable bonds is 3. The molecule has 5 heteroatoms. The second-order valence-corrected chi connectivity index (χ2v) is 5.06. The maximum atomic E-state index is 11.4. The molecule has 0 saturated heterocycles. The average molecular weight is 274 g/mol. The molecule has 0 aromatic heterocycles. The standard InChI is InChI=1S/C14H14N2O2S/c1-18-14(17)9-3-2-4-10(7-9)19-11-5-6-12(15)13(16)8-11/h2-8H,15-16H2,1H3. The van der Waals surface area contributed by atoms with Gasteiger partial charge in [0.25, 0.3) is 0 Å². The number of nitrogen functional groups attached to an aromatic ring is 2. The number of esters is 1. The van der Waals surface area contributed by atoms with Gasteiger partial charge in [-0.25, -0.2) is 4.79 Å². The quantitative estimate of drug-likeness (QED) is 0.664. The van der Waals surface area contributed by atoms with E-state index in [1.165, 1.54) is 18.9 Å². The molecule has 0 heterocycles. The lowest BCUT2D eigenvalue weighted by Gasteiger charge is -2.06. The van der Waals surface area contributed by atoms with Crippen LogP contribution in [0.15, 0.2) is 52.3 Å². The summed E-state index contributed by atoms with van der Waals surface area (Å²) in [5, 5.41) is 0. The highest BCUT2D eigenvalue weighted by Gasteiger charge is 2.07. The van der Waals surface area contributed by atoms with Crippen molar-refractivity contribution >= 4 is 29.1 Å². The van der Waals surface area contributed by atoms with Crippen molar-refractivity contribution in [3.63, 3.8) is 0 Å². The lowest BCUT2D eigenvalue weighted by atomic mass is 10.2. The topological polar surface area (TPSA) is 78.3 Å². The summed E-state index contributed by atoms with van der Waals surface area (Å²) in [4.78, 5) is 13.4.